The highest BCUT2D eigenvalue weighted by Gasteiger charge is 2.26. The SMILES string of the molecule is O=C(NC1CCCCC1CO)c1ccccn1. The second-order valence-electron chi connectivity index (χ2n) is 4.52. The fourth-order valence-electron chi connectivity index (χ4n) is 2.36. The van der Waals surface area contributed by atoms with Crippen molar-refractivity contribution in [1.29, 1.82) is 0 Å². The molecule has 0 aliphatic heterocycles. The number of nitrogens with one attached hydrogen (secondary N) is 1. The molecule has 1 aliphatic carbocycles. The summed E-state index contributed by atoms with van der Waals surface area (Å²) in [7, 11) is 0. The number of aliphatic hydroxyl groups is 1. The molecule has 0 radical (unpaired) electrons. The van der Waals surface area contributed by atoms with Crippen LogP contribution in [0.25, 0.3) is 0 Å². The maximum Gasteiger partial charge on any atom is 0.270 e. The fraction of sp³-hybridized carbons (Fsp3) is 0.538. The van der Waals surface area contributed by atoms with Gasteiger partial charge in [0.05, 0.1) is 0 Å². The molecule has 92 valence electrons. The average Bonchev–Trinajstić information content (AvgIpc) is 2.40. The molecule has 1 amide bonds. The quantitative estimate of drug-likeness (QED) is 0.830. The van der Waals surface area contributed by atoms with Gasteiger partial charge in [-0.25, -0.2) is 0 Å². The summed E-state index contributed by atoms with van der Waals surface area (Å²) in [6, 6.07) is 5.37. The number of rotatable bonds is 3. The predicted octanol–water partition coefficient (Wildman–Crippen LogP) is 1.36. The highest BCUT2D eigenvalue weighted by atomic mass is 16.3. The molecule has 2 rings (SSSR count). The van der Waals surface area contributed by atoms with Gasteiger partial charge < -0.3 is 10.4 Å². The van der Waals surface area contributed by atoms with Crippen molar-refractivity contribution in [1.82, 2.24) is 10.3 Å². The highest BCUT2D eigenvalue weighted by molar-refractivity contribution is 5.92. The molecule has 1 aromatic rings. The van der Waals surface area contributed by atoms with Crippen LogP contribution in [0.3, 0.4) is 0 Å². The molecule has 2 N–H and O–H groups in total. The van der Waals surface area contributed by atoms with Gasteiger partial charge in [0.1, 0.15) is 5.69 Å². The fourth-order valence-corrected chi connectivity index (χ4v) is 2.36. The van der Waals surface area contributed by atoms with Crippen molar-refractivity contribution in [2.24, 2.45) is 5.92 Å². The largest absolute Gasteiger partial charge is 0.396 e. The van der Waals surface area contributed by atoms with E-state index in [9.17, 15) is 9.90 Å². The predicted molar refractivity (Wildman–Crippen MR) is 64.5 cm³/mol. The molecular formula is C13H18N2O2. The maximum absolute atomic E-state index is 11.9. The van der Waals surface area contributed by atoms with E-state index in [0.29, 0.717) is 5.69 Å². The van der Waals surface area contributed by atoms with Crippen LogP contribution in [0.4, 0.5) is 0 Å². The molecule has 17 heavy (non-hydrogen) atoms. The van der Waals surface area contributed by atoms with Crippen molar-refractivity contribution in [2.75, 3.05) is 6.61 Å². The lowest BCUT2D eigenvalue weighted by atomic mass is 9.85. The van der Waals surface area contributed by atoms with Gasteiger partial charge in [-0.2, -0.15) is 0 Å². The summed E-state index contributed by atoms with van der Waals surface area (Å²) < 4.78 is 0. The van der Waals surface area contributed by atoms with Gasteiger partial charge in [0.2, 0.25) is 0 Å². The van der Waals surface area contributed by atoms with Crippen LogP contribution < -0.4 is 5.32 Å². The Hall–Kier alpha value is -1.42. The molecule has 0 spiro atoms. The highest BCUT2D eigenvalue weighted by Crippen LogP contribution is 2.24. The van der Waals surface area contributed by atoms with E-state index in [1.165, 1.54) is 0 Å². The third kappa shape index (κ3) is 3.03. The van der Waals surface area contributed by atoms with Crippen LogP contribution in [0.15, 0.2) is 24.4 Å². The van der Waals surface area contributed by atoms with Gasteiger partial charge in [-0.1, -0.05) is 18.9 Å². The van der Waals surface area contributed by atoms with Gasteiger partial charge in [-0.15, -0.1) is 0 Å². The number of aromatic nitrogens is 1. The first-order valence-corrected chi connectivity index (χ1v) is 6.14. The van der Waals surface area contributed by atoms with E-state index in [0.717, 1.165) is 25.7 Å². The van der Waals surface area contributed by atoms with E-state index >= 15 is 0 Å². The number of carbonyl (C=O) groups is 1. The Morgan fingerprint density at radius 1 is 1.41 bits per heavy atom. The van der Waals surface area contributed by atoms with E-state index in [2.05, 4.69) is 10.3 Å². The number of amides is 1. The van der Waals surface area contributed by atoms with Crippen molar-refractivity contribution >= 4 is 5.91 Å². The minimum absolute atomic E-state index is 0.0863. The minimum Gasteiger partial charge on any atom is -0.396 e. The Morgan fingerprint density at radius 3 is 2.94 bits per heavy atom. The normalized spacial score (nSPS) is 24.3. The van der Waals surface area contributed by atoms with Gasteiger partial charge >= 0.3 is 0 Å². The van der Waals surface area contributed by atoms with E-state index in [1.54, 1.807) is 24.4 Å². The number of aliphatic hydroxyl groups excluding tert-OH is 1. The number of hydrogen-bond donors (Lipinski definition) is 2. The van der Waals surface area contributed by atoms with E-state index in [4.69, 9.17) is 0 Å². The maximum atomic E-state index is 11.9. The van der Waals surface area contributed by atoms with E-state index < -0.39 is 0 Å². The van der Waals surface area contributed by atoms with Gasteiger partial charge in [0.15, 0.2) is 0 Å². The molecule has 0 aromatic carbocycles. The van der Waals surface area contributed by atoms with Crippen LogP contribution in [0.1, 0.15) is 36.2 Å². The molecule has 2 atom stereocenters. The molecule has 2 unspecified atom stereocenters. The summed E-state index contributed by atoms with van der Waals surface area (Å²) in [5, 5.41) is 12.3. The van der Waals surface area contributed by atoms with Crippen LogP contribution >= 0.6 is 0 Å². The number of nitrogens with zero attached hydrogens (tertiary/aromatic N) is 1. The first-order valence-electron chi connectivity index (χ1n) is 6.14. The Kier molecular flexibility index (Phi) is 4.09. The Morgan fingerprint density at radius 2 is 2.24 bits per heavy atom. The summed E-state index contributed by atoms with van der Waals surface area (Å²) in [5.74, 6) is 0.0485. The van der Waals surface area contributed by atoms with E-state index in [-0.39, 0.29) is 24.5 Å². The van der Waals surface area contributed by atoms with Gasteiger partial charge in [0, 0.05) is 24.8 Å². The second-order valence-corrected chi connectivity index (χ2v) is 4.52. The van der Waals surface area contributed by atoms with Crippen molar-refractivity contribution in [3.05, 3.63) is 30.1 Å². The smallest absolute Gasteiger partial charge is 0.270 e. The van der Waals surface area contributed by atoms with Crippen LogP contribution in [-0.2, 0) is 0 Å². The molecule has 4 heteroatoms. The summed E-state index contributed by atoms with van der Waals surface area (Å²) in [6.07, 6.45) is 5.80. The molecule has 0 bridgehead atoms. The Bertz CT molecular complexity index is 367. The first kappa shape index (κ1) is 12.0. The topological polar surface area (TPSA) is 62.2 Å². The lowest BCUT2D eigenvalue weighted by Crippen LogP contribution is -2.43. The zero-order valence-electron chi connectivity index (χ0n) is 9.80. The standard InChI is InChI=1S/C13H18N2O2/c16-9-10-5-1-2-6-11(10)15-13(17)12-7-3-4-8-14-12/h3-4,7-8,10-11,16H,1-2,5-6,9H2,(H,15,17). The van der Waals surface area contributed by atoms with Crippen molar-refractivity contribution in [2.45, 2.75) is 31.7 Å². The molecule has 1 saturated carbocycles. The van der Waals surface area contributed by atoms with Crippen LogP contribution in [-0.4, -0.2) is 28.6 Å². The number of hydrogen-bond acceptors (Lipinski definition) is 3. The van der Waals surface area contributed by atoms with Gasteiger partial charge in [-0.3, -0.25) is 9.78 Å². The van der Waals surface area contributed by atoms with Crippen LogP contribution in [0.2, 0.25) is 0 Å². The summed E-state index contributed by atoms with van der Waals surface area (Å²) in [6.45, 7) is 0.146. The molecule has 1 aromatic heterocycles. The van der Waals surface area contributed by atoms with Crippen molar-refractivity contribution in [3.63, 3.8) is 0 Å². The van der Waals surface area contributed by atoms with Gasteiger partial charge in [-0.05, 0) is 25.0 Å². The second kappa shape index (κ2) is 5.77. The first-order chi connectivity index (χ1) is 8.31. The molecule has 1 aliphatic rings. The molecular weight excluding hydrogens is 216 g/mol. The number of carbonyl (C=O) groups excluding carboxylic acids is 1. The lowest BCUT2D eigenvalue weighted by Gasteiger charge is -2.30. The summed E-state index contributed by atoms with van der Waals surface area (Å²) >= 11 is 0. The Balaban J connectivity index is 1.98. The van der Waals surface area contributed by atoms with Crippen LogP contribution in [0, 0.1) is 5.92 Å². The Labute approximate surface area is 101 Å². The molecule has 1 heterocycles. The van der Waals surface area contributed by atoms with E-state index in [1.807, 2.05) is 0 Å². The summed E-state index contributed by atoms with van der Waals surface area (Å²) in [4.78, 5) is 15.9. The molecule has 1 fully saturated rings. The van der Waals surface area contributed by atoms with Crippen molar-refractivity contribution in [3.8, 4) is 0 Å². The monoisotopic (exact) mass is 234 g/mol. The zero-order chi connectivity index (χ0) is 12.1. The zero-order valence-corrected chi connectivity index (χ0v) is 9.80. The van der Waals surface area contributed by atoms with Crippen molar-refractivity contribution < 1.29 is 9.90 Å². The van der Waals surface area contributed by atoms with Crippen LogP contribution in [0.5, 0.6) is 0 Å². The lowest BCUT2D eigenvalue weighted by molar-refractivity contribution is 0.0867. The molecule has 4 nitrogen and oxygen atoms in total. The summed E-state index contributed by atoms with van der Waals surface area (Å²) in [5.41, 5.74) is 0.440. The minimum atomic E-state index is -0.143. The molecule has 0 saturated heterocycles. The number of pyridine rings is 1. The third-order valence-electron chi connectivity index (χ3n) is 3.36. The average molecular weight is 234 g/mol. The third-order valence-corrected chi connectivity index (χ3v) is 3.36. The van der Waals surface area contributed by atoms with Gasteiger partial charge in [0.25, 0.3) is 5.91 Å².